The number of aryl methyl sites for hydroxylation is 2. The second-order valence-corrected chi connectivity index (χ2v) is 6.33. The molecule has 6 nitrogen and oxygen atoms in total. The Kier molecular flexibility index (Phi) is 4.38. The highest BCUT2D eigenvalue weighted by atomic mass is 32.2. The zero-order chi connectivity index (χ0) is 16.4. The molecular weight excluding hydrogens is 312 g/mol. The molecule has 0 radical (unpaired) electrons. The molecule has 0 bridgehead atoms. The molecule has 0 saturated heterocycles. The van der Waals surface area contributed by atoms with E-state index in [4.69, 9.17) is 4.42 Å². The number of Topliss-reactive ketones (excluding diaryl/α,β-unsaturated/α-hetero) is 1. The van der Waals surface area contributed by atoms with Gasteiger partial charge in [0, 0.05) is 24.0 Å². The van der Waals surface area contributed by atoms with Gasteiger partial charge in [-0.25, -0.2) is 0 Å². The fourth-order valence-electron chi connectivity index (χ4n) is 2.50. The van der Waals surface area contributed by atoms with Crippen LogP contribution in [0.3, 0.4) is 0 Å². The predicted molar refractivity (Wildman–Crippen MR) is 87.8 cm³/mol. The molecule has 3 rings (SSSR count). The Bertz CT molecular complexity index is 817. The Hall–Kier alpha value is -2.28. The lowest BCUT2D eigenvalue weighted by atomic mass is 10.2. The van der Waals surface area contributed by atoms with Gasteiger partial charge in [0.2, 0.25) is 0 Å². The molecule has 23 heavy (non-hydrogen) atoms. The lowest BCUT2D eigenvalue weighted by Crippen LogP contribution is -2.07. The predicted octanol–water partition coefficient (Wildman–Crippen LogP) is 2.85. The number of ketones is 1. The Morgan fingerprint density at radius 3 is 2.87 bits per heavy atom. The Balaban J connectivity index is 1.75. The number of hydrogen-bond acceptors (Lipinski definition) is 5. The van der Waals surface area contributed by atoms with Gasteiger partial charge in [0.05, 0.1) is 18.6 Å². The molecule has 0 atom stereocenters. The van der Waals surface area contributed by atoms with Crippen LogP contribution in [0.15, 0.2) is 40.4 Å². The number of furan rings is 1. The Morgan fingerprint density at radius 2 is 2.22 bits per heavy atom. The summed E-state index contributed by atoms with van der Waals surface area (Å²) in [5, 5.41) is 8.54. The van der Waals surface area contributed by atoms with Crippen molar-refractivity contribution in [1.82, 2.24) is 19.3 Å². The van der Waals surface area contributed by atoms with E-state index >= 15 is 0 Å². The monoisotopic (exact) mass is 330 g/mol. The minimum atomic E-state index is 0.0943. The number of nitrogens with zero attached hydrogens (tertiary/aromatic N) is 4. The average molecular weight is 330 g/mol. The Morgan fingerprint density at radius 1 is 1.39 bits per heavy atom. The quantitative estimate of drug-likeness (QED) is 0.513. The summed E-state index contributed by atoms with van der Waals surface area (Å²) in [6.07, 6.45) is 3.29. The second-order valence-electron chi connectivity index (χ2n) is 5.39. The van der Waals surface area contributed by atoms with E-state index in [0.717, 1.165) is 27.9 Å². The summed E-state index contributed by atoms with van der Waals surface area (Å²) < 4.78 is 9.30. The summed E-state index contributed by atoms with van der Waals surface area (Å²) in [7, 11) is 1.86. The van der Waals surface area contributed by atoms with Crippen molar-refractivity contribution >= 4 is 17.5 Å². The van der Waals surface area contributed by atoms with Crippen LogP contribution in [0.2, 0.25) is 0 Å². The van der Waals surface area contributed by atoms with Crippen molar-refractivity contribution in [2.75, 3.05) is 5.75 Å². The topological polar surface area (TPSA) is 65.8 Å². The molecule has 0 fully saturated rings. The molecule has 0 aliphatic rings. The largest absolute Gasteiger partial charge is 0.467 e. The van der Waals surface area contributed by atoms with Crippen molar-refractivity contribution in [2.45, 2.75) is 25.5 Å². The highest BCUT2D eigenvalue weighted by Gasteiger charge is 2.17. The minimum Gasteiger partial charge on any atom is -0.467 e. The van der Waals surface area contributed by atoms with E-state index in [0.29, 0.717) is 12.3 Å². The van der Waals surface area contributed by atoms with Gasteiger partial charge in [0.25, 0.3) is 0 Å². The zero-order valence-electron chi connectivity index (χ0n) is 13.3. The van der Waals surface area contributed by atoms with Crippen LogP contribution in [-0.2, 0) is 13.6 Å². The van der Waals surface area contributed by atoms with Crippen molar-refractivity contribution < 1.29 is 9.21 Å². The smallest absolute Gasteiger partial charge is 0.191 e. The molecule has 0 aliphatic heterocycles. The van der Waals surface area contributed by atoms with Crippen LogP contribution in [0, 0.1) is 13.8 Å². The molecule has 0 aliphatic carbocycles. The third-order valence-corrected chi connectivity index (χ3v) is 4.80. The van der Waals surface area contributed by atoms with Gasteiger partial charge in [-0.2, -0.15) is 0 Å². The van der Waals surface area contributed by atoms with Gasteiger partial charge >= 0.3 is 0 Å². The number of thioether (sulfide) groups is 1. The van der Waals surface area contributed by atoms with E-state index in [2.05, 4.69) is 14.8 Å². The normalized spacial score (nSPS) is 11.1. The molecule has 3 heterocycles. The van der Waals surface area contributed by atoms with E-state index in [-0.39, 0.29) is 5.78 Å². The van der Waals surface area contributed by atoms with E-state index in [1.54, 1.807) is 17.2 Å². The maximum absolute atomic E-state index is 12.5. The van der Waals surface area contributed by atoms with Crippen LogP contribution in [0.4, 0.5) is 0 Å². The summed E-state index contributed by atoms with van der Waals surface area (Å²) in [5.41, 5.74) is 2.76. The fraction of sp³-hybridized carbons (Fsp3) is 0.312. The maximum atomic E-state index is 12.5. The molecular formula is C16H18N4O2S. The van der Waals surface area contributed by atoms with Crippen LogP contribution in [0.25, 0.3) is 0 Å². The molecule has 120 valence electrons. The number of hydrogen-bond donors (Lipinski definition) is 0. The molecule has 7 heteroatoms. The summed E-state index contributed by atoms with van der Waals surface area (Å²) in [5.74, 6) is 1.31. The van der Waals surface area contributed by atoms with Crippen molar-refractivity contribution in [3.05, 3.63) is 53.5 Å². The third-order valence-electron chi connectivity index (χ3n) is 3.77. The minimum absolute atomic E-state index is 0.0943. The first-order chi connectivity index (χ1) is 11.1. The van der Waals surface area contributed by atoms with Gasteiger partial charge in [0.15, 0.2) is 10.9 Å². The van der Waals surface area contributed by atoms with Gasteiger partial charge < -0.3 is 13.6 Å². The molecule has 0 N–H and O–H groups in total. The van der Waals surface area contributed by atoms with Crippen LogP contribution in [0.1, 0.15) is 27.5 Å². The lowest BCUT2D eigenvalue weighted by molar-refractivity contribution is 0.102. The summed E-state index contributed by atoms with van der Waals surface area (Å²) >= 11 is 1.40. The standard InChI is InChI=1S/C16H18N4O2S/c1-11-7-14(12(2)20(11)8-13-5-4-6-22-13)15(21)9-23-16-18-17-10-19(16)3/h4-7,10H,8-9H2,1-3H3. The van der Waals surface area contributed by atoms with Crippen molar-refractivity contribution in [3.63, 3.8) is 0 Å². The molecule has 3 aromatic rings. The molecule has 0 aromatic carbocycles. The lowest BCUT2D eigenvalue weighted by Gasteiger charge is -2.07. The van der Waals surface area contributed by atoms with E-state index in [9.17, 15) is 4.79 Å². The maximum Gasteiger partial charge on any atom is 0.191 e. The summed E-state index contributed by atoms with van der Waals surface area (Å²) in [6, 6.07) is 5.75. The van der Waals surface area contributed by atoms with Gasteiger partial charge in [-0.15, -0.1) is 10.2 Å². The first-order valence-corrected chi connectivity index (χ1v) is 8.24. The highest BCUT2D eigenvalue weighted by molar-refractivity contribution is 7.99. The highest BCUT2D eigenvalue weighted by Crippen LogP contribution is 2.21. The van der Waals surface area contributed by atoms with Gasteiger partial charge in [0.1, 0.15) is 12.1 Å². The van der Waals surface area contributed by atoms with Gasteiger partial charge in [-0.1, -0.05) is 11.8 Å². The van der Waals surface area contributed by atoms with Gasteiger partial charge in [-0.05, 0) is 32.0 Å². The van der Waals surface area contributed by atoms with Crippen LogP contribution in [0.5, 0.6) is 0 Å². The first-order valence-electron chi connectivity index (χ1n) is 7.25. The number of rotatable bonds is 6. The molecule has 0 spiro atoms. The average Bonchev–Trinajstić information content (AvgIpc) is 3.23. The molecule has 3 aromatic heterocycles. The van der Waals surface area contributed by atoms with E-state index in [1.165, 1.54) is 11.8 Å². The van der Waals surface area contributed by atoms with Crippen molar-refractivity contribution in [1.29, 1.82) is 0 Å². The summed E-state index contributed by atoms with van der Waals surface area (Å²) in [4.78, 5) is 12.5. The molecule has 0 unspecified atom stereocenters. The first kappa shape index (κ1) is 15.6. The van der Waals surface area contributed by atoms with Crippen LogP contribution >= 0.6 is 11.8 Å². The van der Waals surface area contributed by atoms with E-state index in [1.807, 2.05) is 39.1 Å². The molecule has 0 saturated carbocycles. The number of carbonyl (C=O) groups is 1. The SMILES string of the molecule is Cc1cc(C(=O)CSc2nncn2C)c(C)n1Cc1ccco1. The van der Waals surface area contributed by atoms with Gasteiger partial charge in [-0.3, -0.25) is 4.79 Å². The van der Waals surface area contributed by atoms with Crippen molar-refractivity contribution in [2.24, 2.45) is 7.05 Å². The zero-order valence-corrected chi connectivity index (χ0v) is 14.1. The fourth-order valence-corrected chi connectivity index (χ4v) is 3.27. The second kappa shape index (κ2) is 6.45. The van der Waals surface area contributed by atoms with Crippen LogP contribution in [-0.4, -0.2) is 30.9 Å². The molecule has 0 amide bonds. The Labute approximate surface area is 138 Å². The summed E-state index contributed by atoms with van der Waals surface area (Å²) in [6.45, 7) is 4.60. The van der Waals surface area contributed by atoms with Crippen molar-refractivity contribution in [3.8, 4) is 0 Å². The third kappa shape index (κ3) is 3.24. The van der Waals surface area contributed by atoms with E-state index < -0.39 is 0 Å². The number of carbonyl (C=O) groups excluding carboxylic acids is 1. The number of aromatic nitrogens is 4. The van der Waals surface area contributed by atoms with Crippen LogP contribution < -0.4 is 0 Å².